The van der Waals surface area contributed by atoms with Gasteiger partial charge in [0.1, 0.15) is 5.41 Å². The molecule has 6 nitrogen and oxygen atoms in total. The minimum atomic E-state index is -1.52. The molecule has 0 saturated carbocycles. The molecule has 228 valence electrons. The largest absolute Gasteiger partial charge is 0.387 e. The second kappa shape index (κ2) is 12.9. The molecule has 0 aliphatic rings. The fourth-order valence-corrected chi connectivity index (χ4v) is 6.05. The van der Waals surface area contributed by atoms with Gasteiger partial charge in [-0.05, 0) is 72.2 Å². The van der Waals surface area contributed by atoms with E-state index in [0.29, 0.717) is 25.7 Å². The van der Waals surface area contributed by atoms with E-state index in [1.165, 1.54) is 0 Å². The molecule has 4 N–H and O–H groups in total. The van der Waals surface area contributed by atoms with Gasteiger partial charge in [0.25, 0.3) is 0 Å². The van der Waals surface area contributed by atoms with Crippen LogP contribution in [0, 0.1) is 5.41 Å². The van der Waals surface area contributed by atoms with E-state index >= 15 is 0 Å². The number of hydrogen-bond donors (Lipinski definition) is 4. The zero-order valence-corrected chi connectivity index (χ0v) is 26.3. The van der Waals surface area contributed by atoms with E-state index in [1.807, 2.05) is 113 Å². The fourth-order valence-electron chi connectivity index (χ4n) is 6.05. The molecule has 0 aliphatic carbocycles. The molecule has 0 saturated heterocycles. The van der Waals surface area contributed by atoms with Crippen molar-refractivity contribution < 1.29 is 19.8 Å². The van der Waals surface area contributed by atoms with Crippen LogP contribution < -0.4 is 10.6 Å². The third kappa shape index (κ3) is 6.17. The third-order valence-corrected chi connectivity index (χ3v) is 9.48. The van der Waals surface area contributed by atoms with Crippen LogP contribution in [0.3, 0.4) is 0 Å². The van der Waals surface area contributed by atoms with Crippen LogP contribution in [-0.2, 0) is 9.59 Å². The predicted octanol–water partition coefficient (Wildman–Crippen LogP) is 7.14. The fraction of sp³-hybridized carbons (Fsp3) is 0.405. The summed E-state index contributed by atoms with van der Waals surface area (Å²) in [6.45, 7) is 10.8. The van der Waals surface area contributed by atoms with Crippen LogP contribution in [0.15, 0.2) is 84.9 Å². The monoisotopic (exact) mass is 582 g/mol. The first-order chi connectivity index (χ1) is 20.5. The summed E-state index contributed by atoms with van der Waals surface area (Å²) in [6, 6.07) is 26.0. The molecule has 0 spiro atoms. The van der Waals surface area contributed by atoms with E-state index in [1.54, 1.807) is 13.8 Å². The molecule has 2 atom stereocenters. The Hall–Kier alpha value is -3.74. The SMILES string of the molecule is CCC(O)(CC)C(NC(=O)C(C)(C)C(=O)NC(c1cccc2ccccc12)C(O)(CC)CC)c1cccc2ccccc12. The highest BCUT2D eigenvalue weighted by Gasteiger charge is 2.45. The van der Waals surface area contributed by atoms with Crippen molar-refractivity contribution >= 4 is 33.4 Å². The number of benzene rings is 4. The van der Waals surface area contributed by atoms with Gasteiger partial charge in [-0.1, -0.05) is 113 Å². The Kier molecular flexibility index (Phi) is 9.63. The van der Waals surface area contributed by atoms with Crippen LogP contribution in [0.4, 0.5) is 0 Å². The summed E-state index contributed by atoms with van der Waals surface area (Å²) < 4.78 is 0. The van der Waals surface area contributed by atoms with Gasteiger partial charge in [-0.15, -0.1) is 0 Å². The summed E-state index contributed by atoms with van der Waals surface area (Å²) in [7, 11) is 0. The normalized spacial score (nSPS) is 14.0. The van der Waals surface area contributed by atoms with Crippen LogP contribution in [0.2, 0.25) is 0 Å². The van der Waals surface area contributed by atoms with Gasteiger partial charge in [-0.2, -0.15) is 0 Å². The second-order valence-corrected chi connectivity index (χ2v) is 12.2. The molecule has 0 aliphatic heterocycles. The number of carbonyl (C=O) groups excluding carboxylic acids is 2. The number of carbonyl (C=O) groups is 2. The van der Waals surface area contributed by atoms with Crippen LogP contribution in [0.1, 0.15) is 90.4 Å². The molecule has 4 aromatic rings. The van der Waals surface area contributed by atoms with E-state index in [2.05, 4.69) is 10.6 Å². The highest BCUT2D eigenvalue weighted by Crippen LogP contribution is 2.39. The molecule has 2 unspecified atom stereocenters. The van der Waals surface area contributed by atoms with Crippen molar-refractivity contribution in [3.63, 3.8) is 0 Å². The Balaban J connectivity index is 1.72. The van der Waals surface area contributed by atoms with Gasteiger partial charge < -0.3 is 20.8 Å². The Labute approximate surface area is 255 Å². The Morgan fingerprint density at radius 3 is 1.26 bits per heavy atom. The minimum Gasteiger partial charge on any atom is -0.387 e. The van der Waals surface area contributed by atoms with Crippen molar-refractivity contribution in [3.8, 4) is 0 Å². The van der Waals surface area contributed by atoms with Crippen LogP contribution in [0.25, 0.3) is 21.5 Å². The lowest BCUT2D eigenvalue weighted by Gasteiger charge is -2.40. The zero-order chi connectivity index (χ0) is 31.4. The molecular weight excluding hydrogens is 536 g/mol. The molecule has 2 amide bonds. The van der Waals surface area contributed by atoms with Crippen molar-refractivity contribution in [2.75, 3.05) is 0 Å². The molecule has 6 heteroatoms. The van der Waals surface area contributed by atoms with E-state index in [4.69, 9.17) is 0 Å². The summed E-state index contributed by atoms with van der Waals surface area (Å²) in [6.07, 6.45) is 1.64. The maximum atomic E-state index is 14.1. The minimum absolute atomic E-state index is 0.410. The molecule has 4 aromatic carbocycles. The van der Waals surface area contributed by atoms with Gasteiger partial charge in [-0.25, -0.2) is 0 Å². The molecule has 4 rings (SSSR count). The number of rotatable bonds is 12. The molecule has 0 aromatic heterocycles. The summed E-state index contributed by atoms with van der Waals surface area (Å²) in [4.78, 5) is 28.2. The standard InChI is InChI=1S/C37H46N2O4/c1-7-36(42,8-2)31(29-23-15-19-25-17-11-13-21-27(25)29)38-33(40)35(5,6)34(41)39-32(37(43,9-3)10-4)30-24-16-20-26-18-12-14-22-28(26)30/h11-24,31-32,42-43H,7-10H2,1-6H3,(H,38,40)(H,39,41). The maximum Gasteiger partial charge on any atom is 0.235 e. The Morgan fingerprint density at radius 1 is 0.581 bits per heavy atom. The smallest absolute Gasteiger partial charge is 0.235 e. The lowest BCUT2D eigenvalue weighted by atomic mass is 9.80. The molecule has 0 radical (unpaired) electrons. The van der Waals surface area contributed by atoms with E-state index in [0.717, 1.165) is 32.7 Å². The summed E-state index contributed by atoms with van der Waals surface area (Å²) in [5, 5.41) is 33.6. The molecule has 43 heavy (non-hydrogen) atoms. The number of fused-ring (bicyclic) bond motifs is 2. The highest BCUT2D eigenvalue weighted by atomic mass is 16.3. The lowest BCUT2D eigenvalue weighted by molar-refractivity contribution is -0.145. The quantitative estimate of drug-likeness (QED) is 0.134. The van der Waals surface area contributed by atoms with E-state index in [-0.39, 0.29) is 0 Å². The van der Waals surface area contributed by atoms with Crippen molar-refractivity contribution in [2.24, 2.45) is 5.41 Å². The highest BCUT2D eigenvalue weighted by molar-refractivity contribution is 6.05. The van der Waals surface area contributed by atoms with Gasteiger partial charge in [-0.3, -0.25) is 9.59 Å². The Bertz CT molecular complexity index is 1460. The zero-order valence-electron chi connectivity index (χ0n) is 26.3. The Morgan fingerprint density at radius 2 is 0.907 bits per heavy atom. The number of aliphatic hydroxyl groups is 2. The molecular formula is C37H46N2O4. The van der Waals surface area contributed by atoms with Gasteiger partial charge in [0.05, 0.1) is 23.3 Å². The lowest BCUT2D eigenvalue weighted by Crippen LogP contribution is -2.55. The first kappa shape index (κ1) is 32.2. The second-order valence-electron chi connectivity index (χ2n) is 12.2. The maximum absolute atomic E-state index is 14.1. The molecule has 0 heterocycles. The average Bonchev–Trinajstić information content (AvgIpc) is 3.04. The van der Waals surface area contributed by atoms with Crippen LogP contribution >= 0.6 is 0 Å². The van der Waals surface area contributed by atoms with Gasteiger partial charge in [0, 0.05) is 0 Å². The number of amides is 2. The average molecular weight is 583 g/mol. The summed E-state index contributed by atoms with van der Waals surface area (Å²) in [5.74, 6) is -1.01. The van der Waals surface area contributed by atoms with E-state index < -0.39 is 40.5 Å². The third-order valence-electron chi connectivity index (χ3n) is 9.48. The molecule has 0 bridgehead atoms. The summed E-state index contributed by atoms with van der Waals surface area (Å²) >= 11 is 0. The topological polar surface area (TPSA) is 98.7 Å². The first-order valence-corrected chi connectivity index (χ1v) is 15.5. The predicted molar refractivity (Wildman–Crippen MR) is 175 cm³/mol. The van der Waals surface area contributed by atoms with Crippen LogP contribution in [-0.4, -0.2) is 33.2 Å². The van der Waals surface area contributed by atoms with Crippen LogP contribution in [0.5, 0.6) is 0 Å². The summed E-state index contributed by atoms with van der Waals surface area (Å²) in [5.41, 5.74) is -2.38. The van der Waals surface area contributed by atoms with Crippen molar-refractivity contribution in [2.45, 2.75) is 90.5 Å². The van der Waals surface area contributed by atoms with Crippen molar-refractivity contribution in [1.29, 1.82) is 0 Å². The van der Waals surface area contributed by atoms with Gasteiger partial charge in [0.2, 0.25) is 11.8 Å². The van der Waals surface area contributed by atoms with Crippen molar-refractivity contribution in [1.82, 2.24) is 10.6 Å². The van der Waals surface area contributed by atoms with E-state index in [9.17, 15) is 19.8 Å². The van der Waals surface area contributed by atoms with Crippen molar-refractivity contribution in [3.05, 3.63) is 96.1 Å². The molecule has 0 fully saturated rings. The van der Waals surface area contributed by atoms with Gasteiger partial charge >= 0.3 is 0 Å². The number of hydrogen-bond acceptors (Lipinski definition) is 4. The first-order valence-electron chi connectivity index (χ1n) is 15.5. The van der Waals surface area contributed by atoms with Gasteiger partial charge in [0.15, 0.2) is 0 Å². The number of nitrogens with one attached hydrogen (secondary N) is 2.